The van der Waals surface area contributed by atoms with Crippen LogP contribution in [-0.2, 0) is 14.3 Å². The average Bonchev–Trinajstić information content (AvgIpc) is 2.78. The maximum atomic E-state index is 12.3. The molecule has 1 amide bonds. The van der Waals surface area contributed by atoms with Gasteiger partial charge in [0.2, 0.25) is 0 Å². The molecule has 2 aliphatic rings. The monoisotopic (exact) mass is 269 g/mol. The number of piperidine rings is 1. The summed E-state index contributed by atoms with van der Waals surface area (Å²) in [6, 6.07) is -0.487. The number of amides is 1. The van der Waals surface area contributed by atoms with Crippen LogP contribution in [0.4, 0.5) is 4.79 Å². The molecule has 0 radical (unpaired) electrons. The minimum atomic E-state index is -0.556. The second-order valence-electron chi connectivity index (χ2n) is 6.61. The third kappa shape index (κ3) is 2.55. The van der Waals surface area contributed by atoms with Crippen LogP contribution in [0, 0.1) is 5.92 Å². The molecule has 19 heavy (non-hydrogen) atoms. The highest BCUT2D eigenvalue weighted by Gasteiger charge is 2.66. The Morgan fingerprint density at radius 1 is 1.37 bits per heavy atom. The summed E-state index contributed by atoms with van der Waals surface area (Å²) in [6.07, 6.45) is 1.23. The van der Waals surface area contributed by atoms with Crippen LogP contribution in [0.2, 0.25) is 0 Å². The molecule has 1 saturated heterocycles. The lowest BCUT2D eigenvalue weighted by Crippen LogP contribution is -2.49. The van der Waals surface area contributed by atoms with Crippen molar-refractivity contribution in [3.63, 3.8) is 0 Å². The van der Waals surface area contributed by atoms with Crippen LogP contribution in [0.15, 0.2) is 0 Å². The number of carbonyl (C=O) groups excluding carboxylic acids is 2. The molecule has 5 heteroatoms. The Kier molecular flexibility index (Phi) is 3.27. The molecule has 1 aliphatic heterocycles. The maximum absolute atomic E-state index is 12.3. The number of esters is 1. The number of likely N-dealkylation sites (tertiary alicyclic amines) is 1. The minimum Gasteiger partial charge on any atom is -0.464 e. The molecule has 0 aromatic rings. The van der Waals surface area contributed by atoms with Gasteiger partial charge in [-0.3, -0.25) is 4.90 Å². The van der Waals surface area contributed by atoms with Crippen molar-refractivity contribution in [3.05, 3.63) is 0 Å². The first kappa shape index (κ1) is 14.2. The Hall–Kier alpha value is -1.26. The van der Waals surface area contributed by atoms with Crippen molar-refractivity contribution in [2.75, 3.05) is 6.61 Å². The van der Waals surface area contributed by atoms with Crippen molar-refractivity contribution in [1.29, 1.82) is 0 Å². The summed E-state index contributed by atoms with van der Waals surface area (Å²) < 4.78 is 10.5. The van der Waals surface area contributed by atoms with Crippen LogP contribution in [0.5, 0.6) is 0 Å². The van der Waals surface area contributed by atoms with Gasteiger partial charge in [-0.25, -0.2) is 9.59 Å². The quantitative estimate of drug-likeness (QED) is 0.722. The molecule has 108 valence electrons. The van der Waals surface area contributed by atoms with Crippen molar-refractivity contribution < 1.29 is 19.1 Å². The number of carbonyl (C=O) groups is 2. The van der Waals surface area contributed by atoms with Gasteiger partial charge in [-0.2, -0.15) is 0 Å². The fraction of sp³-hybridized carbons (Fsp3) is 0.857. The van der Waals surface area contributed by atoms with E-state index in [0.29, 0.717) is 18.9 Å². The van der Waals surface area contributed by atoms with E-state index in [0.717, 1.165) is 6.42 Å². The molecule has 0 spiro atoms. The van der Waals surface area contributed by atoms with Gasteiger partial charge < -0.3 is 9.47 Å². The van der Waals surface area contributed by atoms with E-state index in [1.165, 1.54) is 0 Å². The van der Waals surface area contributed by atoms with E-state index in [9.17, 15) is 9.59 Å². The van der Waals surface area contributed by atoms with Crippen LogP contribution in [-0.4, -0.2) is 40.8 Å². The molecule has 0 aromatic carbocycles. The summed E-state index contributed by atoms with van der Waals surface area (Å²) in [5, 5.41) is 0. The van der Waals surface area contributed by atoms with E-state index >= 15 is 0 Å². The van der Waals surface area contributed by atoms with Crippen LogP contribution in [0.3, 0.4) is 0 Å². The predicted molar refractivity (Wildman–Crippen MR) is 69.6 cm³/mol. The van der Waals surface area contributed by atoms with Gasteiger partial charge >= 0.3 is 12.1 Å². The zero-order chi connectivity index (χ0) is 14.4. The number of hydrogen-bond acceptors (Lipinski definition) is 4. The molecule has 3 atom stereocenters. The summed E-state index contributed by atoms with van der Waals surface area (Å²) in [5.41, 5.74) is -0.778. The Morgan fingerprint density at radius 3 is 2.53 bits per heavy atom. The molecule has 1 saturated carbocycles. The normalized spacial score (nSPS) is 32.8. The van der Waals surface area contributed by atoms with E-state index in [1.54, 1.807) is 11.8 Å². The molecule has 0 bridgehead atoms. The molecule has 2 unspecified atom stereocenters. The van der Waals surface area contributed by atoms with E-state index in [-0.39, 0.29) is 11.5 Å². The Labute approximate surface area is 114 Å². The second-order valence-corrected chi connectivity index (χ2v) is 6.61. The van der Waals surface area contributed by atoms with E-state index < -0.39 is 17.7 Å². The van der Waals surface area contributed by atoms with Crippen molar-refractivity contribution in [3.8, 4) is 0 Å². The van der Waals surface area contributed by atoms with Crippen LogP contribution >= 0.6 is 0 Å². The van der Waals surface area contributed by atoms with Crippen LogP contribution < -0.4 is 0 Å². The van der Waals surface area contributed by atoms with Gasteiger partial charge in [0.25, 0.3) is 0 Å². The first-order valence-corrected chi connectivity index (χ1v) is 6.88. The Morgan fingerprint density at radius 2 is 2.00 bits per heavy atom. The topological polar surface area (TPSA) is 55.8 Å². The number of nitrogens with zero attached hydrogens (tertiary/aromatic N) is 1. The van der Waals surface area contributed by atoms with Crippen molar-refractivity contribution in [2.45, 2.75) is 64.6 Å². The van der Waals surface area contributed by atoms with Gasteiger partial charge in [0.1, 0.15) is 11.6 Å². The van der Waals surface area contributed by atoms with E-state index in [1.807, 2.05) is 27.7 Å². The van der Waals surface area contributed by atoms with Crippen molar-refractivity contribution >= 4 is 12.1 Å². The molecule has 1 aliphatic carbocycles. The van der Waals surface area contributed by atoms with Gasteiger partial charge in [0, 0.05) is 5.54 Å². The highest BCUT2D eigenvalue weighted by molar-refractivity contribution is 5.84. The lowest BCUT2D eigenvalue weighted by Gasteiger charge is -2.32. The zero-order valence-electron chi connectivity index (χ0n) is 12.4. The summed E-state index contributed by atoms with van der Waals surface area (Å²) >= 11 is 0. The van der Waals surface area contributed by atoms with Gasteiger partial charge in [-0.1, -0.05) is 0 Å². The number of rotatable bonds is 2. The Bertz CT molecular complexity index is 401. The summed E-state index contributed by atoms with van der Waals surface area (Å²) in [4.78, 5) is 25.9. The molecule has 2 fully saturated rings. The first-order chi connectivity index (χ1) is 8.69. The molecule has 5 nitrogen and oxygen atoms in total. The molecule has 0 N–H and O–H groups in total. The van der Waals surface area contributed by atoms with E-state index in [4.69, 9.17) is 9.47 Å². The number of ether oxygens (including phenoxy) is 2. The summed E-state index contributed by atoms with van der Waals surface area (Å²) in [5.74, 6) is 0.0798. The lowest BCUT2D eigenvalue weighted by atomic mass is 10.1. The zero-order valence-corrected chi connectivity index (χ0v) is 12.4. The van der Waals surface area contributed by atoms with Gasteiger partial charge in [0.15, 0.2) is 0 Å². The minimum absolute atomic E-state index is 0.222. The largest absolute Gasteiger partial charge is 0.464 e. The van der Waals surface area contributed by atoms with Gasteiger partial charge in [-0.05, 0) is 53.4 Å². The SMILES string of the molecule is CCOC(=O)C1CC2C[C@@]2(C)N1C(=O)OC(C)(C)C. The summed E-state index contributed by atoms with van der Waals surface area (Å²) in [6.45, 7) is 9.60. The lowest BCUT2D eigenvalue weighted by molar-refractivity contribution is -0.149. The highest BCUT2D eigenvalue weighted by Crippen LogP contribution is 2.58. The van der Waals surface area contributed by atoms with Crippen LogP contribution in [0.1, 0.15) is 47.5 Å². The van der Waals surface area contributed by atoms with Crippen molar-refractivity contribution in [2.24, 2.45) is 5.92 Å². The predicted octanol–water partition coefficient (Wildman–Crippen LogP) is 2.34. The number of hydrogen-bond donors (Lipinski definition) is 0. The molecular weight excluding hydrogens is 246 g/mol. The van der Waals surface area contributed by atoms with Crippen molar-refractivity contribution in [1.82, 2.24) is 4.90 Å². The highest BCUT2D eigenvalue weighted by atomic mass is 16.6. The third-order valence-corrected chi connectivity index (χ3v) is 3.90. The summed E-state index contributed by atoms with van der Waals surface area (Å²) in [7, 11) is 0. The average molecular weight is 269 g/mol. The third-order valence-electron chi connectivity index (χ3n) is 3.90. The maximum Gasteiger partial charge on any atom is 0.411 e. The fourth-order valence-corrected chi connectivity index (χ4v) is 2.89. The molecule has 2 rings (SSSR count). The van der Waals surface area contributed by atoms with Gasteiger partial charge in [-0.15, -0.1) is 0 Å². The Balaban J connectivity index is 2.14. The van der Waals surface area contributed by atoms with Gasteiger partial charge in [0.05, 0.1) is 6.61 Å². The van der Waals surface area contributed by atoms with E-state index in [2.05, 4.69) is 0 Å². The van der Waals surface area contributed by atoms with Crippen LogP contribution in [0.25, 0.3) is 0 Å². The molecule has 1 heterocycles. The molecular formula is C14H23NO4. The first-order valence-electron chi connectivity index (χ1n) is 6.88. The second kappa shape index (κ2) is 4.39. The smallest absolute Gasteiger partial charge is 0.411 e. The fourth-order valence-electron chi connectivity index (χ4n) is 2.89. The molecule has 0 aromatic heterocycles. The number of fused-ring (bicyclic) bond motifs is 1. The standard InChI is InChI=1S/C14H23NO4/c1-6-18-11(16)10-7-9-8-14(9,5)15(10)12(17)19-13(2,3)4/h9-10H,6-8H2,1-5H3/t9?,10?,14-/m1/s1.